The predicted molar refractivity (Wildman–Crippen MR) is 91.1 cm³/mol. The average molecular weight is 410 g/mol. The molecule has 2 aromatic heterocycles. The first-order chi connectivity index (χ1) is 13.6. The monoisotopic (exact) mass is 410 g/mol. The van der Waals surface area contributed by atoms with Crippen molar-refractivity contribution < 1.29 is 22.4 Å². The van der Waals surface area contributed by atoms with E-state index in [1.54, 1.807) is 6.92 Å². The molecular weight excluding hydrogens is 396 g/mol. The molecular formula is C17H14F4N6O2. The quantitative estimate of drug-likeness (QED) is 0.598. The number of aryl methyl sites for hydroxylation is 1. The first-order valence-corrected chi connectivity index (χ1v) is 8.59. The maximum absolute atomic E-state index is 13.5. The van der Waals surface area contributed by atoms with Crippen molar-refractivity contribution in [3.05, 3.63) is 51.8 Å². The summed E-state index contributed by atoms with van der Waals surface area (Å²) in [7, 11) is 0. The number of aromatic nitrogens is 5. The maximum atomic E-state index is 13.5. The minimum Gasteiger partial charge on any atom is -0.332 e. The van der Waals surface area contributed by atoms with Crippen LogP contribution in [0.25, 0.3) is 10.9 Å². The maximum Gasteiger partial charge on any atom is 0.451 e. The standard InChI is InChI=1S/C17H14F4N6O2/c1-9-22-12-3-2-10(18)6-11(12)15(29)27(9)8-14(28)25-4-5-26-13(7-25)23-24-16(26)17(19,20)21/h2-3,6H,4-5,7-8H2,1H3. The number of hydrogen-bond acceptors (Lipinski definition) is 5. The van der Waals surface area contributed by atoms with Crippen LogP contribution in [0.5, 0.6) is 0 Å². The molecule has 4 rings (SSSR count). The highest BCUT2D eigenvalue weighted by molar-refractivity contribution is 5.79. The number of carbonyl (C=O) groups is 1. The molecule has 0 radical (unpaired) electrons. The van der Waals surface area contributed by atoms with Gasteiger partial charge in [0.15, 0.2) is 5.82 Å². The SMILES string of the molecule is Cc1nc2ccc(F)cc2c(=O)n1CC(=O)N1CCn2c(nnc2C(F)(F)F)C1. The molecule has 0 saturated carbocycles. The number of fused-ring (bicyclic) bond motifs is 2. The van der Waals surface area contributed by atoms with E-state index in [1.165, 1.54) is 17.0 Å². The van der Waals surface area contributed by atoms with E-state index in [4.69, 9.17) is 0 Å². The Morgan fingerprint density at radius 1 is 1.21 bits per heavy atom. The van der Waals surface area contributed by atoms with Crippen molar-refractivity contribution in [1.29, 1.82) is 0 Å². The predicted octanol–water partition coefficient (Wildman–Crippen LogP) is 1.50. The highest BCUT2D eigenvalue weighted by atomic mass is 19.4. The molecule has 1 aliphatic heterocycles. The number of benzene rings is 1. The van der Waals surface area contributed by atoms with Gasteiger partial charge in [-0.3, -0.25) is 14.2 Å². The van der Waals surface area contributed by atoms with Crippen molar-refractivity contribution in [3.8, 4) is 0 Å². The van der Waals surface area contributed by atoms with E-state index in [0.29, 0.717) is 5.52 Å². The Bertz CT molecular complexity index is 1180. The Morgan fingerprint density at radius 3 is 2.69 bits per heavy atom. The number of halogens is 4. The van der Waals surface area contributed by atoms with Crippen LogP contribution in [0.2, 0.25) is 0 Å². The van der Waals surface area contributed by atoms with Crippen molar-refractivity contribution in [2.24, 2.45) is 0 Å². The fraction of sp³-hybridized carbons (Fsp3) is 0.353. The molecule has 12 heteroatoms. The van der Waals surface area contributed by atoms with E-state index < -0.39 is 29.3 Å². The minimum atomic E-state index is -4.63. The van der Waals surface area contributed by atoms with E-state index >= 15 is 0 Å². The molecule has 8 nitrogen and oxygen atoms in total. The Hall–Kier alpha value is -3.31. The zero-order valence-corrected chi connectivity index (χ0v) is 15.1. The van der Waals surface area contributed by atoms with E-state index in [-0.39, 0.29) is 43.2 Å². The smallest absolute Gasteiger partial charge is 0.332 e. The lowest BCUT2D eigenvalue weighted by Crippen LogP contribution is -2.42. The third-order valence-electron chi connectivity index (χ3n) is 4.76. The largest absolute Gasteiger partial charge is 0.451 e. The number of nitrogens with zero attached hydrogens (tertiary/aromatic N) is 6. The normalized spacial score (nSPS) is 14.3. The highest BCUT2D eigenvalue weighted by Gasteiger charge is 2.39. The van der Waals surface area contributed by atoms with Gasteiger partial charge in [0.05, 0.1) is 17.4 Å². The van der Waals surface area contributed by atoms with Gasteiger partial charge in [0.1, 0.15) is 18.2 Å². The first-order valence-electron chi connectivity index (χ1n) is 8.59. The zero-order chi connectivity index (χ0) is 20.9. The average Bonchev–Trinajstić information content (AvgIpc) is 3.09. The Labute approximate surface area is 160 Å². The van der Waals surface area contributed by atoms with E-state index in [0.717, 1.165) is 15.2 Å². The molecule has 0 saturated heterocycles. The van der Waals surface area contributed by atoms with Crippen LogP contribution in [0.1, 0.15) is 17.5 Å². The second-order valence-corrected chi connectivity index (χ2v) is 6.62. The number of carbonyl (C=O) groups excluding carboxylic acids is 1. The number of rotatable bonds is 2. The van der Waals surface area contributed by atoms with Crippen LogP contribution in [-0.4, -0.2) is 41.7 Å². The summed E-state index contributed by atoms with van der Waals surface area (Å²) in [6.07, 6.45) is -4.63. The molecule has 0 spiro atoms. The van der Waals surface area contributed by atoms with Crippen molar-refractivity contribution in [3.63, 3.8) is 0 Å². The minimum absolute atomic E-state index is 0.0103. The summed E-state index contributed by atoms with van der Waals surface area (Å²) in [5.74, 6) is -1.92. The summed E-state index contributed by atoms with van der Waals surface area (Å²) >= 11 is 0. The van der Waals surface area contributed by atoms with Crippen LogP contribution < -0.4 is 5.56 Å². The lowest BCUT2D eigenvalue weighted by Gasteiger charge is -2.28. The third kappa shape index (κ3) is 3.34. The summed E-state index contributed by atoms with van der Waals surface area (Å²) in [6, 6.07) is 3.61. The molecule has 0 aliphatic carbocycles. The van der Waals surface area contributed by atoms with Crippen LogP contribution in [-0.2, 0) is 30.6 Å². The molecule has 3 heterocycles. The van der Waals surface area contributed by atoms with Crippen LogP contribution in [0, 0.1) is 12.7 Å². The molecule has 0 N–H and O–H groups in total. The summed E-state index contributed by atoms with van der Waals surface area (Å²) in [5, 5.41) is 6.73. The molecule has 3 aromatic rings. The second kappa shape index (κ2) is 6.64. The molecule has 0 bridgehead atoms. The third-order valence-corrected chi connectivity index (χ3v) is 4.76. The fourth-order valence-electron chi connectivity index (χ4n) is 3.31. The lowest BCUT2D eigenvalue weighted by atomic mass is 10.2. The van der Waals surface area contributed by atoms with Gasteiger partial charge in [0.2, 0.25) is 11.7 Å². The molecule has 152 valence electrons. The van der Waals surface area contributed by atoms with Gasteiger partial charge in [0.25, 0.3) is 5.56 Å². The molecule has 0 unspecified atom stereocenters. The lowest BCUT2D eigenvalue weighted by molar-refractivity contribution is -0.148. The van der Waals surface area contributed by atoms with Crippen LogP contribution in [0.3, 0.4) is 0 Å². The molecule has 0 fully saturated rings. The number of hydrogen-bond donors (Lipinski definition) is 0. The van der Waals surface area contributed by atoms with E-state index in [2.05, 4.69) is 15.2 Å². The number of alkyl halides is 3. The molecule has 1 aromatic carbocycles. The van der Waals surface area contributed by atoms with Gasteiger partial charge in [-0.25, -0.2) is 9.37 Å². The van der Waals surface area contributed by atoms with Gasteiger partial charge in [-0.2, -0.15) is 13.2 Å². The van der Waals surface area contributed by atoms with E-state index in [1.807, 2.05) is 0 Å². The van der Waals surface area contributed by atoms with Crippen molar-refractivity contribution in [2.45, 2.75) is 32.7 Å². The topological polar surface area (TPSA) is 85.9 Å². The van der Waals surface area contributed by atoms with Gasteiger partial charge in [-0.15, -0.1) is 10.2 Å². The molecule has 1 aliphatic rings. The van der Waals surface area contributed by atoms with Gasteiger partial charge < -0.3 is 9.47 Å². The second-order valence-electron chi connectivity index (χ2n) is 6.62. The highest BCUT2D eigenvalue weighted by Crippen LogP contribution is 2.29. The molecule has 29 heavy (non-hydrogen) atoms. The van der Waals surface area contributed by atoms with Crippen molar-refractivity contribution in [2.75, 3.05) is 6.54 Å². The fourth-order valence-corrected chi connectivity index (χ4v) is 3.31. The summed E-state index contributed by atoms with van der Waals surface area (Å²) in [6.45, 7) is 0.907. The summed E-state index contributed by atoms with van der Waals surface area (Å²) < 4.78 is 54.3. The molecule has 0 atom stereocenters. The van der Waals surface area contributed by atoms with Crippen LogP contribution in [0.4, 0.5) is 17.6 Å². The van der Waals surface area contributed by atoms with Gasteiger partial charge in [0, 0.05) is 13.1 Å². The Kier molecular flexibility index (Phi) is 4.35. The first kappa shape index (κ1) is 19.0. The Morgan fingerprint density at radius 2 is 1.97 bits per heavy atom. The summed E-state index contributed by atoms with van der Waals surface area (Å²) in [5.41, 5.74) is -0.261. The number of amides is 1. The van der Waals surface area contributed by atoms with Crippen molar-refractivity contribution in [1.82, 2.24) is 29.2 Å². The van der Waals surface area contributed by atoms with Crippen LogP contribution in [0.15, 0.2) is 23.0 Å². The van der Waals surface area contributed by atoms with Gasteiger partial charge in [-0.1, -0.05) is 0 Å². The molecule has 1 amide bonds. The van der Waals surface area contributed by atoms with Gasteiger partial charge >= 0.3 is 6.18 Å². The van der Waals surface area contributed by atoms with E-state index in [9.17, 15) is 27.2 Å². The summed E-state index contributed by atoms with van der Waals surface area (Å²) in [4.78, 5) is 30.9. The Balaban J connectivity index is 1.59. The van der Waals surface area contributed by atoms with Crippen LogP contribution >= 0.6 is 0 Å². The zero-order valence-electron chi connectivity index (χ0n) is 15.1. The van der Waals surface area contributed by atoms with Gasteiger partial charge in [-0.05, 0) is 25.1 Å². The van der Waals surface area contributed by atoms with Crippen molar-refractivity contribution >= 4 is 16.8 Å².